The van der Waals surface area contributed by atoms with Crippen molar-refractivity contribution in [1.29, 1.82) is 0 Å². The zero-order chi connectivity index (χ0) is 21.3. The lowest BCUT2D eigenvalue weighted by Crippen LogP contribution is -2.23. The van der Waals surface area contributed by atoms with Gasteiger partial charge in [-0.05, 0) is 48.9 Å². The number of hydrogen-bond acceptors (Lipinski definition) is 6. The normalized spacial score (nSPS) is 10.5. The van der Waals surface area contributed by atoms with E-state index < -0.39 is 0 Å². The van der Waals surface area contributed by atoms with Gasteiger partial charge in [0.05, 0.1) is 27.4 Å². The fourth-order valence-corrected chi connectivity index (χ4v) is 2.76. The molecule has 0 unspecified atom stereocenters. The number of hydrogen-bond donors (Lipinski definition) is 2. The van der Waals surface area contributed by atoms with E-state index in [0.717, 1.165) is 24.2 Å². The average molecular weight is 410 g/mol. The van der Waals surface area contributed by atoms with Crippen LogP contribution in [0.5, 0.6) is 17.2 Å². The van der Waals surface area contributed by atoms with Gasteiger partial charge in [0.2, 0.25) is 0 Å². The number of H-pyrrole nitrogens is 1. The second kappa shape index (κ2) is 10.3. The summed E-state index contributed by atoms with van der Waals surface area (Å²) in [4.78, 5) is 16.9. The van der Waals surface area contributed by atoms with Crippen LogP contribution in [0.4, 0.5) is 0 Å². The summed E-state index contributed by atoms with van der Waals surface area (Å²) in [6, 6.07) is 12.6. The van der Waals surface area contributed by atoms with Gasteiger partial charge in [0.25, 0.3) is 5.91 Å². The molecule has 30 heavy (non-hydrogen) atoms. The lowest BCUT2D eigenvalue weighted by molar-refractivity contribution is 0.0949. The monoisotopic (exact) mass is 410 g/mol. The van der Waals surface area contributed by atoms with Gasteiger partial charge >= 0.3 is 0 Å². The number of nitrogens with one attached hydrogen (secondary N) is 2. The van der Waals surface area contributed by atoms with E-state index in [0.29, 0.717) is 35.3 Å². The predicted octanol–water partition coefficient (Wildman–Crippen LogP) is 3.60. The number of carbonyl (C=O) groups excluding carboxylic acids is 1. The molecule has 158 valence electrons. The van der Waals surface area contributed by atoms with Crippen LogP contribution >= 0.6 is 0 Å². The van der Waals surface area contributed by atoms with Crippen LogP contribution < -0.4 is 19.5 Å². The maximum absolute atomic E-state index is 12.5. The van der Waals surface area contributed by atoms with Crippen LogP contribution in [-0.4, -0.2) is 41.9 Å². The van der Waals surface area contributed by atoms with E-state index in [-0.39, 0.29) is 12.5 Å². The Morgan fingerprint density at radius 2 is 1.87 bits per heavy atom. The molecule has 0 fully saturated rings. The lowest BCUT2D eigenvalue weighted by Gasteiger charge is -2.12. The summed E-state index contributed by atoms with van der Waals surface area (Å²) in [7, 11) is 3.17. The summed E-state index contributed by atoms with van der Waals surface area (Å²) < 4.78 is 16.2. The molecule has 0 saturated carbocycles. The molecule has 0 saturated heterocycles. The van der Waals surface area contributed by atoms with Gasteiger partial charge < -0.3 is 19.5 Å². The van der Waals surface area contributed by atoms with E-state index in [9.17, 15) is 4.79 Å². The predicted molar refractivity (Wildman–Crippen MR) is 113 cm³/mol. The van der Waals surface area contributed by atoms with Crippen LogP contribution in [0, 0.1) is 0 Å². The third-order valence-corrected chi connectivity index (χ3v) is 4.48. The summed E-state index contributed by atoms with van der Waals surface area (Å²) in [6.45, 7) is 2.93. The standard InChI is InChI=1S/C22H26N4O4/c1-4-5-12-30-18-11-8-16(13-19(18)29-3)22(27)23-14-20-24-21(26-25-20)15-6-9-17(28-2)10-7-15/h6-11,13H,4-5,12,14H2,1-3H3,(H,23,27)(H,24,25,26). The minimum absolute atomic E-state index is 0.221. The summed E-state index contributed by atoms with van der Waals surface area (Å²) in [5, 5.41) is 9.88. The van der Waals surface area contributed by atoms with Crippen molar-refractivity contribution in [3.8, 4) is 28.6 Å². The highest BCUT2D eigenvalue weighted by Crippen LogP contribution is 2.28. The van der Waals surface area contributed by atoms with E-state index >= 15 is 0 Å². The van der Waals surface area contributed by atoms with Crippen molar-refractivity contribution in [1.82, 2.24) is 20.5 Å². The summed E-state index contributed by atoms with van der Waals surface area (Å²) in [6.07, 6.45) is 2.01. The number of aromatic nitrogens is 3. The van der Waals surface area contributed by atoms with Crippen molar-refractivity contribution in [3.63, 3.8) is 0 Å². The Morgan fingerprint density at radius 1 is 1.07 bits per heavy atom. The second-order valence-corrected chi connectivity index (χ2v) is 6.58. The molecule has 8 heteroatoms. The largest absolute Gasteiger partial charge is 0.497 e. The molecular formula is C22H26N4O4. The Bertz CT molecular complexity index is 970. The van der Waals surface area contributed by atoms with Crippen molar-refractivity contribution in [2.24, 2.45) is 0 Å². The molecular weight excluding hydrogens is 384 g/mol. The van der Waals surface area contributed by atoms with Crippen molar-refractivity contribution in [2.45, 2.75) is 26.3 Å². The molecule has 0 bridgehead atoms. The number of aromatic amines is 1. The van der Waals surface area contributed by atoms with Gasteiger partial charge in [0.15, 0.2) is 17.3 Å². The van der Waals surface area contributed by atoms with E-state index in [1.165, 1.54) is 0 Å². The molecule has 0 aliphatic carbocycles. The van der Waals surface area contributed by atoms with Crippen LogP contribution in [0.1, 0.15) is 35.9 Å². The van der Waals surface area contributed by atoms with E-state index in [1.807, 2.05) is 24.3 Å². The molecule has 1 aromatic heterocycles. The zero-order valence-corrected chi connectivity index (χ0v) is 17.4. The second-order valence-electron chi connectivity index (χ2n) is 6.58. The van der Waals surface area contributed by atoms with Crippen LogP contribution in [0.25, 0.3) is 11.4 Å². The molecule has 2 aromatic carbocycles. The first-order chi connectivity index (χ1) is 14.6. The number of methoxy groups -OCH3 is 2. The molecule has 2 N–H and O–H groups in total. The number of nitrogens with zero attached hydrogens (tertiary/aromatic N) is 2. The molecule has 0 radical (unpaired) electrons. The Kier molecular flexibility index (Phi) is 7.26. The molecule has 3 aromatic rings. The number of benzene rings is 2. The Labute approximate surface area is 175 Å². The zero-order valence-electron chi connectivity index (χ0n) is 17.4. The number of carbonyl (C=O) groups is 1. The van der Waals surface area contributed by atoms with Crippen LogP contribution in [0.15, 0.2) is 42.5 Å². The lowest BCUT2D eigenvalue weighted by atomic mass is 10.2. The summed E-state index contributed by atoms with van der Waals surface area (Å²) in [5.74, 6) is 2.79. The Balaban J connectivity index is 1.60. The van der Waals surface area contributed by atoms with Gasteiger partial charge in [-0.15, -0.1) is 0 Å². The number of ether oxygens (including phenoxy) is 3. The van der Waals surface area contributed by atoms with E-state index in [1.54, 1.807) is 32.4 Å². The van der Waals surface area contributed by atoms with E-state index in [2.05, 4.69) is 27.4 Å². The van der Waals surface area contributed by atoms with Gasteiger partial charge in [0, 0.05) is 11.1 Å². The van der Waals surface area contributed by atoms with Gasteiger partial charge in [-0.2, -0.15) is 5.10 Å². The summed E-state index contributed by atoms with van der Waals surface area (Å²) in [5.41, 5.74) is 1.33. The molecule has 8 nitrogen and oxygen atoms in total. The molecule has 0 atom stereocenters. The fourth-order valence-electron chi connectivity index (χ4n) is 2.76. The maximum atomic E-state index is 12.5. The molecule has 1 heterocycles. The van der Waals surface area contributed by atoms with Crippen molar-refractivity contribution in [2.75, 3.05) is 20.8 Å². The van der Waals surface area contributed by atoms with Gasteiger partial charge in [0.1, 0.15) is 11.6 Å². The smallest absolute Gasteiger partial charge is 0.251 e. The number of amides is 1. The number of rotatable bonds is 10. The fraction of sp³-hybridized carbons (Fsp3) is 0.318. The highest BCUT2D eigenvalue weighted by atomic mass is 16.5. The van der Waals surface area contributed by atoms with Crippen LogP contribution in [0.2, 0.25) is 0 Å². The number of unbranched alkanes of at least 4 members (excludes halogenated alkanes) is 1. The average Bonchev–Trinajstić information content (AvgIpc) is 3.27. The SMILES string of the molecule is CCCCOc1ccc(C(=O)NCc2nc(-c3ccc(OC)cc3)n[nH]2)cc1OC. The van der Waals surface area contributed by atoms with Crippen LogP contribution in [-0.2, 0) is 6.54 Å². The van der Waals surface area contributed by atoms with Gasteiger partial charge in [-0.1, -0.05) is 13.3 Å². The Hall–Kier alpha value is -3.55. The molecule has 3 rings (SSSR count). The quantitative estimate of drug-likeness (QED) is 0.496. The van der Waals surface area contributed by atoms with Gasteiger partial charge in [-0.25, -0.2) is 4.98 Å². The first-order valence-corrected chi connectivity index (χ1v) is 9.79. The molecule has 0 aliphatic heterocycles. The molecule has 0 spiro atoms. The highest BCUT2D eigenvalue weighted by Gasteiger charge is 2.12. The first kappa shape index (κ1) is 21.2. The summed E-state index contributed by atoms with van der Waals surface area (Å²) >= 11 is 0. The Morgan fingerprint density at radius 3 is 2.57 bits per heavy atom. The minimum Gasteiger partial charge on any atom is -0.497 e. The van der Waals surface area contributed by atoms with Crippen molar-refractivity contribution in [3.05, 3.63) is 53.9 Å². The van der Waals surface area contributed by atoms with Crippen LogP contribution in [0.3, 0.4) is 0 Å². The highest BCUT2D eigenvalue weighted by molar-refractivity contribution is 5.94. The third-order valence-electron chi connectivity index (χ3n) is 4.48. The molecule has 0 aliphatic rings. The minimum atomic E-state index is -0.240. The van der Waals surface area contributed by atoms with Gasteiger partial charge in [-0.3, -0.25) is 9.89 Å². The topological polar surface area (TPSA) is 98.4 Å². The van der Waals surface area contributed by atoms with Crippen molar-refractivity contribution >= 4 is 5.91 Å². The first-order valence-electron chi connectivity index (χ1n) is 9.79. The van der Waals surface area contributed by atoms with E-state index in [4.69, 9.17) is 14.2 Å². The third kappa shape index (κ3) is 5.28. The maximum Gasteiger partial charge on any atom is 0.251 e. The van der Waals surface area contributed by atoms with Crippen molar-refractivity contribution < 1.29 is 19.0 Å². The molecule has 1 amide bonds.